The zero-order chi connectivity index (χ0) is 13.0. The molecule has 0 aliphatic rings. The fourth-order valence-corrected chi connectivity index (χ4v) is 1.49. The number of hydrogen-bond donors (Lipinski definition) is 2. The van der Waals surface area contributed by atoms with Gasteiger partial charge in [0.05, 0.1) is 6.33 Å². The first kappa shape index (κ1) is 12.3. The Bertz CT molecular complexity index is 512. The summed E-state index contributed by atoms with van der Waals surface area (Å²) in [6, 6.07) is 0.804. The Morgan fingerprint density at radius 2 is 2.06 bits per heavy atom. The lowest BCUT2D eigenvalue weighted by molar-refractivity contribution is 0.577. The third-order valence-corrected chi connectivity index (χ3v) is 2.39. The summed E-state index contributed by atoms with van der Waals surface area (Å²) in [4.78, 5) is 7.70. The van der Waals surface area contributed by atoms with Gasteiger partial charge in [0.25, 0.3) is 0 Å². The number of anilines is 2. The van der Waals surface area contributed by atoms with Gasteiger partial charge in [0.15, 0.2) is 23.3 Å². The van der Waals surface area contributed by atoms with E-state index >= 15 is 0 Å². The number of nitrogens with one attached hydrogen (secondary N) is 2. The number of rotatable bonds is 5. The smallest absolute Gasteiger partial charge is 0.168 e. The minimum absolute atomic E-state index is 0.0153. The third-order valence-electron chi connectivity index (χ3n) is 2.39. The van der Waals surface area contributed by atoms with Crippen LogP contribution in [-0.2, 0) is 6.54 Å². The quantitative estimate of drug-likeness (QED) is 0.851. The van der Waals surface area contributed by atoms with E-state index in [-0.39, 0.29) is 11.6 Å². The number of halogens is 2. The summed E-state index contributed by atoms with van der Waals surface area (Å²) >= 11 is 0. The predicted octanol–water partition coefficient (Wildman–Crippen LogP) is 1.71. The minimum Gasteiger partial charge on any atom is -0.371 e. The molecule has 0 spiro atoms. The van der Waals surface area contributed by atoms with Gasteiger partial charge in [0.1, 0.15) is 0 Å². The molecule has 2 rings (SSSR count). The number of nitrogens with zero attached hydrogens (tertiary/aromatic N) is 3. The van der Waals surface area contributed by atoms with E-state index in [0.717, 1.165) is 6.07 Å². The third kappa shape index (κ3) is 2.73. The maximum Gasteiger partial charge on any atom is 0.168 e. The number of hydrogen-bond acceptors (Lipinski definition) is 4. The topological polar surface area (TPSA) is 54.8 Å². The SMILES string of the molecule is CNc1nc(NCCn2ccnc2)c(F)cc1F. The molecular weight excluding hydrogens is 240 g/mol. The summed E-state index contributed by atoms with van der Waals surface area (Å²) in [7, 11) is 1.53. The molecule has 18 heavy (non-hydrogen) atoms. The van der Waals surface area contributed by atoms with E-state index in [1.54, 1.807) is 18.7 Å². The number of aromatic nitrogens is 3. The van der Waals surface area contributed by atoms with E-state index < -0.39 is 11.6 Å². The Labute approximate surface area is 103 Å². The first-order chi connectivity index (χ1) is 8.70. The van der Waals surface area contributed by atoms with Crippen LogP contribution in [0.5, 0.6) is 0 Å². The van der Waals surface area contributed by atoms with Crippen LogP contribution in [0.25, 0.3) is 0 Å². The molecule has 2 N–H and O–H groups in total. The molecule has 0 atom stereocenters. The second-order valence-electron chi connectivity index (χ2n) is 3.63. The van der Waals surface area contributed by atoms with Gasteiger partial charge in [-0.3, -0.25) is 0 Å². The highest BCUT2D eigenvalue weighted by Gasteiger charge is 2.10. The average molecular weight is 253 g/mol. The molecule has 0 fully saturated rings. The molecule has 0 unspecified atom stereocenters. The van der Waals surface area contributed by atoms with Crippen molar-refractivity contribution in [2.24, 2.45) is 0 Å². The van der Waals surface area contributed by atoms with Crippen molar-refractivity contribution in [2.45, 2.75) is 6.54 Å². The van der Waals surface area contributed by atoms with Gasteiger partial charge in [0, 0.05) is 38.6 Å². The van der Waals surface area contributed by atoms with Crippen molar-refractivity contribution in [2.75, 3.05) is 24.2 Å². The largest absolute Gasteiger partial charge is 0.371 e. The van der Waals surface area contributed by atoms with Crippen molar-refractivity contribution in [1.29, 1.82) is 0 Å². The molecule has 0 saturated heterocycles. The second kappa shape index (κ2) is 5.44. The lowest BCUT2D eigenvalue weighted by Gasteiger charge is -2.09. The molecule has 0 aromatic carbocycles. The molecule has 0 saturated carbocycles. The van der Waals surface area contributed by atoms with E-state index in [9.17, 15) is 8.78 Å². The van der Waals surface area contributed by atoms with Crippen molar-refractivity contribution in [3.05, 3.63) is 36.4 Å². The lowest BCUT2D eigenvalue weighted by atomic mass is 10.4. The zero-order valence-corrected chi connectivity index (χ0v) is 9.82. The van der Waals surface area contributed by atoms with E-state index in [0.29, 0.717) is 13.1 Å². The minimum atomic E-state index is -0.713. The van der Waals surface area contributed by atoms with Gasteiger partial charge in [-0.1, -0.05) is 0 Å². The van der Waals surface area contributed by atoms with Crippen LogP contribution < -0.4 is 10.6 Å². The van der Waals surface area contributed by atoms with Crippen molar-refractivity contribution in [3.8, 4) is 0 Å². The summed E-state index contributed by atoms with van der Waals surface area (Å²) in [5.74, 6) is -1.38. The van der Waals surface area contributed by atoms with Crippen molar-refractivity contribution in [3.63, 3.8) is 0 Å². The van der Waals surface area contributed by atoms with Gasteiger partial charge in [0.2, 0.25) is 0 Å². The molecule has 0 aliphatic carbocycles. The molecule has 2 aromatic rings. The molecule has 0 aliphatic heterocycles. The molecule has 5 nitrogen and oxygen atoms in total. The first-order valence-corrected chi connectivity index (χ1v) is 5.44. The Morgan fingerprint density at radius 3 is 2.72 bits per heavy atom. The van der Waals surface area contributed by atoms with Gasteiger partial charge >= 0.3 is 0 Å². The zero-order valence-electron chi connectivity index (χ0n) is 9.82. The van der Waals surface area contributed by atoms with Crippen molar-refractivity contribution in [1.82, 2.24) is 14.5 Å². The van der Waals surface area contributed by atoms with Gasteiger partial charge in [-0.25, -0.2) is 18.7 Å². The Kier molecular flexibility index (Phi) is 3.71. The summed E-state index contributed by atoms with van der Waals surface area (Å²) in [6.45, 7) is 1.09. The van der Waals surface area contributed by atoms with E-state index in [1.165, 1.54) is 7.05 Å². The van der Waals surface area contributed by atoms with Crippen LogP contribution in [0.2, 0.25) is 0 Å². The Balaban J connectivity index is 2.00. The molecular formula is C11H13F2N5. The standard InChI is InChI=1S/C11H13F2N5/c1-14-10-8(12)6-9(13)11(17-10)16-3-5-18-4-2-15-7-18/h2,4,6-7H,3,5H2,1H3,(H2,14,16,17). The van der Waals surface area contributed by atoms with Gasteiger partial charge < -0.3 is 15.2 Å². The highest BCUT2D eigenvalue weighted by atomic mass is 19.1. The van der Waals surface area contributed by atoms with E-state index in [2.05, 4.69) is 20.6 Å². The highest BCUT2D eigenvalue weighted by molar-refractivity contribution is 5.47. The molecule has 7 heteroatoms. The van der Waals surface area contributed by atoms with Crippen LogP contribution in [0, 0.1) is 11.6 Å². The van der Waals surface area contributed by atoms with Crippen LogP contribution in [0.4, 0.5) is 20.4 Å². The second-order valence-corrected chi connectivity index (χ2v) is 3.63. The normalized spacial score (nSPS) is 10.4. The molecule has 96 valence electrons. The highest BCUT2D eigenvalue weighted by Crippen LogP contribution is 2.18. The summed E-state index contributed by atoms with van der Waals surface area (Å²) < 4.78 is 28.4. The molecule has 2 heterocycles. The van der Waals surface area contributed by atoms with Gasteiger partial charge in [-0.15, -0.1) is 0 Å². The fourth-order valence-electron chi connectivity index (χ4n) is 1.49. The van der Waals surface area contributed by atoms with Crippen LogP contribution in [0.3, 0.4) is 0 Å². The number of pyridine rings is 1. The van der Waals surface area contributed by atoms with Crippen LogP contribution in [-0.4, -0.2) is 28.1 Å². The number of imidazole rings is 1. The van der Waals surface area contributed by atoms with E-state index in [4.69, 9.17) is 0 Å². The van der Waals surface area contributed by atoms with Crippen LogP contribution >= 0.6 is 0 Å². The lowest BCUT2D eigenvalue weighted by Crippen LogP contribution is -2.12. The van der Waals surface area contributed by atoms with Gasteiger partial charge in [-0.2, -0.15) is 0 Å². The maximum absolute atomic E-state index is 13.4. The van der Waals surface area contributed by atoms with Crippen LogP contribution in [0.15, 0.2) is 24.8 Å². The molecule has 2 aromatic heterocycles. The van der Waals surface area contributed by atoms with E-state index in [1.807, 2.05) is 4.57 Å². The van der Waals surface area contributed by atoms with Gasteiger partial charge in [-0.05, 0) is 0 Å². The predicted molar refractivity (Wildman–Crippen MR) is 64.4 cm³/mol. The Morgan fingerprint density at radius 1 is 1.28 bits per heavy atom. The Hall–Kier alpha value is -2.18. The monoisotopic (exact) mass is 253 g/mol. The molecule has 0 radical (unpaired) electrons. The molecule has 0 amide bonds. The fraction of sp³-hybridized carbons (Fsp3) is 0.273. The maximum atomic E-state index is 13.4. The summed E-state index contributed by atoms with van der Waals surface area (Å²) in [5.41, 5.74) is 0. The average Bonchev–Trinajstić information content (AvgIpc) is 2.85. The summed E-state index contributed by atoms with van der Waals surface area (Å²) in [5, 5.41) is 5.37. The molecule has 0 bridgehead atoms. The van der Waals surface area contributed by atoms with Crippen LogP contribution in [0.1, 0.15) is 0 Å². The summed E-state index contributed by atoms with van der Waals surface area (Å²) in [6.07, 6.45) is 5.13. The van der Waals surface area contributed by atoms with Crippen molar-refractivity contribution >= 4 is 11.6 Å². The first-order valence-electron chi connectivity index (χ1n) is 5.44. The van der Waals surface area contributed by atoms with Crippen molar-refractivity contribution < 1.29 is 8.78 Å².